The van der Waals surface area contributed by atoms with Crippen LogP contribution in [0.4, 0.5) is 0 Å². The molecule has 24 heavy (non-hydrogen) atoms. The van der Waals surface area contributed by atoms with Crippen LogP contribution in [0.3, 0.4) is 0 Å². The van der Waals surface area contributed by atoms with Crippen LogP contribution in [0.15, 0.2) is 53.3 Å². The van der Waals surface area contributed by atoms with Crippen LogP contribution in [0.5, 0.6) is 0 Å². The number of nitrogens with one attached hydrogen (secondary N) is 1. The molecule has 0 radical (unpaired) electrons. The molecule has 0 atom stereocenters. The molecule has 0 unspecified atom stereocenters. The second kappa shape index (κ2) is 5.93. The van der Waals surface area contributed by atoms with Gasteiger partial charge in [0.25, 0.3) is 5.91 Å². The molecular weight excluding hydrogens is 324 g/mol. The zero-order chi connectivity index (χ0) is 16.5. The molecule has 3 heterocycles. The average molecular weight is 338 g/mol. The van der Waals surface area contributed by atoms with Gasteiger partial charge in [0.05, 0.1) is 30.0 Å². The van der Waals surface area contributed by atoms with E-state index in [9.17, 15) is 4.79 Å². The number of hydrogen-bond donors (Lipinski definition) is 1. The summed E-state index contributed by atoms with van der Waals surface area (Å²) >= 11 is 1.32. The van der Waals surface area contributed by atoms with E-state index < -0.39 is 0 Å². The number of fused-ring (bicyclic) bond motifs is 1. The number of H-pyrrole nitrogens is 1. The minimum atomic E-state index is -0.0919. The molecule has 4 aromatic rings. The van der Waals surface area contributed by atoms with Crippen LogP contribution in [0.1, 0.15) is 15.5 Å². The molecule has 3 aromatic heterocycles. The summed E-state index contributed by atoms with van der Waals surface area (Å²) in [4.78, 5) is 26.7. The van der Waals surface area contributed by atoms with Gasteiger partial charge in [0, 0.05) is 7.05 Å². The number of hydrogen-bond acceptors (Lipinski definition) is 5. The Kier molecular flexibility index (Phi) is 3.62. The number of para-hydroxylation sites is 2. The first-order valence-corrected chi connectivity index (χ1v) is 8.21. The van der Waals surface area contributed by atoms with Gasteiger partial charge in [-0.1, -0.05) is 12.1 Å². The third-order valence-electron chi connectivity index (χ3n) is 3.62. The lowest BCUT2D eigenvalue weighted by molar-refractivity contribution is 0.0786. The highest BCUT2D eigenvalue weighted by molar-refractivity contribution is 7.16. The first kappa shape index (κ1) is 14.6. The topological polar surface area (TPSA) is 75.0 Å². The minimum absolute atomic E-state index is 0.0919. The maximum absolute atomic E-state index is 12.6. The molecule has 1 N–H and O–H groups in total. The van der Waals surface area contributed by atoms with Gasteiger partial charge >= 0.3 is 0 Å². The number of aromatic nitrogens is 3. The molecule has 0 spiro atoms. The molecule has 0 aliphatic rings. The van der Waals surface area contributed by atoms with Gasteiger partial charge in [0.2, 0.25) is 0 Å². The van der Waals surface area contributed by atoms with Crippen molar-refractivity contribution in [1.82, 2.24) is 19.9 Å². The van der Waals surface area contributed by atoms with E-state index in [1.807, 2.05) is 30.3 Å². The van der Waals surface area contributed by atoms with Gasteiger partial charge in [0.15, 0.2) is 10.8 Å². The van der Waals surface area contributed by atoms with Crippen molar-refractivity contribution in [2.45, 2.75) is 6.54 Å². The number of carbonyl (C=O) groups excluding carboxylic acids is 1. The molecule has 1 aromatic carbocycles. The Morgan fingerprint density at radius 3 is 2.96 bits per heavy atom. The summed E-state index contributed by atoms with van der Waals surface area (Å²) in [5.74, 6) is 1.33. The molecule has 0 fully saturated rings. The quantitative estimate of drug-likeness (QED) is 0.617. The largest absolute Gasteiger partial charge is 0.462 e. The van der Waals surface area contributed by atoms with E-state index in [0.29, 0.717) is 22.2 Å². The molecule has 0 aliphatic carbocycles. The number of furan rings is 1. The Labute approximate surface area is 141 Å². The van der Waals surface area contributed by atoms with Gasteiger partial charge in [-0.05, 0) is 24.3 Å². The summed E-state index contributed by atoms with van der Waals surface area (Å²) in [6.45, 7) is 0.404. The number of carbonyl (C=O) groups is 1. The van der Waals surface area contributed by atoms with Crippen molar-refractivity contribution in [1.29, 1.82) is 0 Å². The van der Waals surface area contributed by atoms with Crippen LogP contribution in [0.2, 0.25) is 0 Å². The lowest BCUT2D eigenvalue weighted by Crippen LogP contribution is -2.25. The Hall–Kier alpha value is -2.93. The summed E-state index contributed by atoms with van der Waals surface area (Å²) in [7, 11) is 1.75. The number of imidazole rings is 1. The first-order valence-electron chi connectivity index (χ1n) is 7.39. The fraction of sp³-hybridized carbons (Fsp3) is 0.118. The van der Waals surface area contributed by atoms with E-state index in [1.54, 1.807) is 30.5 Å². The lowest BCUT2D eigenvalue weighted by Gasteiger charge is -2.14. The lowest BCUT2D eigenvalue weighted by atomic mass is 10.3. The van der Waals surface area contributed by atoms with Crippen molar-refractivity contribution in [2.24, 2.45) is 0 Å². The molecular formula is C17H14N4O2S. The third kappa shape index (κ3) is 2.69. The predicted octanol–water partition coefficient (Wildman–Crippen LogP) is 3.55. The Balaban J connectivity index is 1.51. The molecule has 7 heteroatoms. The smallest absolute Gasteiger partial charge is 0.265 e. The number of thiazole rings is 1. The number of amides is 1. The van der Waals surface area contributed by atoms with Gasteiger partial charge in [0.1, 0.15) is 10.7 Å². The highest BCUT2D eigenvalue weighted by atomic mass is 32.1. The van der Waals surface area contributed by atoms with Crippen LogP contribution in [-0.2, 0) is 6.54 Å². The van der Waals surface area contributed by atoms with E-state index in [1.165, 1.54) is 11.3 Å². The maximum Gasteiger partial charge on any atom is 0.265 e. The fourth-order valence-electron chi connectivity index (χ4n) is 2.45. The summed E-state index contributed by atoms with van der Waals surface area (Å²) in [5, 5.41) is 0.695. The van der Waals surface area contributed by atoms with E-state index in [0.717, 1.165) is 16.9 Å². The number of nitrogens with zero attached hydrogens (tertiary/aromatic N) is 3. The zero-order valence-electron chi connectivity index (χ0n) is 12.9. The summed E-state index contributed by atoms with van der Waals surface area (Å²) < 4.78 is 5.31. The van der Waals surface area contributed by atoms with Crippen molar-refractivity contribution < 1.29 is 9.21 Å². The Morgan fingerprint density at radius 1 is 1.29 bits per heavy atom. The van der Waals surface area contributed by atoms with Crippen molar-refractivity contribution in [3.05, 3.63) is 59.6 Å². The summed E-state index contributed by atoms with van der Waals surface area (Å²) in [5.41, 5.74) is 1.86. The van der Waals surface area contributed by atoms with E-state index in [4.69, 9.17) is 4.42 Å². The highest BCUT2D eigenvalue weighted by Crippen LogP contribution is 2.26. The van der Waals surface area contributed by atoms with Crippen LogP contribution in [0, 0.1) is 0 Å². The summed E-state index contributed by atoms with van der Waals surface area (Å²) in [6, 6.07) is 11.4. The van der Waals surface area contributed by atoms with E-state index in [-0.39, 0.29) is 5.91 Å². The van der Waals surface area contributed by atoms with Gasteiger partial charge in [-0.3, -0.25) is 4.79 Å². The normalized spacial score (nSPS) is 11.0. The molecule has 4 rings (SSSR count). The minimum Gasteiger partial charge on any atom is -0.462 e. The van der Waals surface area contributed by atoms with Crippen molar-refractivity contribution >= 4 is 28.3 Å². The second-order valence-electron chi connectivity index (χ2n) is 5.37. The predicted molar refractivity (Wildman–Crippen MR) is 91.7 cm³/mol. The standard InChI is InChI=1S/C17H14N4O2S/c1-21(10-15-19-11-5-2-3-6-12(11)20-15)17(22)14-9-18-16(24-14)13-7-4-8-23-13/h2-9H,10H2,1H3,(H,19,20). The van der Waals surface area contributed by atoms with E-state index >= 15 is 0 Å². The average Bonchev–Trinajstić information content (AvgIpc) is 3.32. The third-order valence-corrected chi connectivity index (χ3v) is 4.62. The monoisotopic (exact) mass is 338 g/mol. The second-order valence-corrected chi connectivity index (χ2v) is 6.40. The van der Waals surface area contributed by atoms with Gasteiger partial charge < -0.3 is 14.3 Å². The number of rotatable bonds is 4. The number of benzene rings is 1. The fourth-order valence-corrected chi connectivity index (χ4v) is 3.33. The van der Waals surface area contributed by atoms with E-state index in [2.05, 4.69) is 15.0 Å². The SMILES string of the molecule is CN(Cc1nc2ccccc2[nH]1)C(=O)c1cnc(-c2ccco2)s1. The first-order chi connectivity index (χ1) is 11.7. The maximum atomic E-state index is 12.6. The van der Waals surface area contributed by atoms with Crippen LogP contribution in [-0.4, -0.2) is 32.8 Å². The molecule has 0 bridgehead atoms. The van der Waals surface area contributed by atoms with Crippen molar-refractivity contribution in [3.63, 3.8) is 0 Å². The Morgan fingerprint density at radius 2 is 2.17 bits per heavy atom. The molecule has 0 saturated heterocycles. The summed E-state index contributed by atoms with van der Waals surface area (Å²) in [6.07, 6.45) is 3.17. The van der Waals surface area contributed by atoms with Crippen LogP contribution >= 0.6 is 11.3 Å². The van der Waals surface area contributed by atoms with Crippen LogP contribution < -0.4 is 0 Å². The molecule has 0 aliphatic heterocycles. The van der Waals surface area contributed by atoms with Crippen LogP contribution in [0.25, 0.3) is 21.8 Å². The zero-order valence-corrected chi connectivity index (χ0v) is 13.7. The van der Waals surface area contributed by atoms with Crippen molar-refractivity contribution in [2.75, 3.05) is 7.05 Å². The van der Waals surface area contributed by atoms with Gasteiger partial charge in [-0.2, -0.15) is 0 Å². The van der Waals surface area contributed by atoms with Gasteiger partial charge in [-0.25, -0.2) is 9.97 Å². The molecule has 120 valence electrons. The molecule has 1 amide bonds. The molecule has 6 nitrogen and oxygen atoms in total. The number of aromatic amines is 1. The van der Waals surface area contributed by atoms with Crippen molar-refractivity contribution in [3.8, 4) is 10.8 Å². The molecule has 0 saturated carbocycles. The Bertz CT molecular complexity index is 954. The van der Waals surface area contributed by atoms with Gasteiger partial charge in [-0.15, -0.1) is 11.3 Å². The highest BCUT2D eigenvalue weighted by Gasteiger charge is 2.18.